The summed E-state index contributed by atoms with van der Waals surface area (Å²) < 4.78 is 21.2. The highest BCUT2D eigenvalue weighted by Crippen LogP contribution is 2.46. The van der Waals surface area contributed by atoms with Gasteiger partial charge >= 0.3 is 6.09 Å². The lowest BCUT2D eigenvalue weighted by molar-refractivity contribution is -0.122. The maximum absolute atomic E-state index is 13.8. The summed E-state index contributed by atoms with van der Waals surface area (Å²) in [5.41, 5.74) is 0.906. The van der Waals surface area contributed by atoms with Crippen LogP contribution < -0.4 is 4.31 Å². The van der Waals surface area contributed by atoms with Gasteiger partial charge < -0.3 is 13.9 Å². The van der Waals surface area contributed by atoms with Crippen molar-refractivity contribution in [2.45, 2.75) is 38.0 Å². The molecule has 7 heteroatoms. The zero-order valence-corrected chi connectivity index (χ0v) is 17.0. The molecule has 4 rings (SSSR count). The first-order chi connectivity index (χ1) is 14.0. The number of likely N-dealkylation sites (tertiary alicyclic amines) is 1. The molecule has 0 bridgehead atoms. The van der Waals surface area contributed by atoms with Gasteiger partial charge in [0, 0.05) is 12.6 Å². The number of benzene rings is 2. The molecule has 0 unspecified atom stereocenters. The fourth-order valence-electron chi connectivity index (χ4n) is 4.16. The first-order valence-corrected chi connectivity index (χ1v) is 10.6. The average molecular weight is 415 g/mol. The molecule has 1 spiro atoms. The Labute approximate surface area is 174 Å². The molecule has 2 saturated heterocycles. The molecule has 2 aliphatic heterocycles. The van der Waals surface area contributed by atoms with Crippen LogP contribution in [0.25, 0.3) is 0 Å². The van der Waals surface area contributed by atoms with E-state index in [9.17, 15) is 14.0 Å². The zero-order valence-electron chi connectivity index (χ0n) is 16.2. The van der Waals surface area contributed by atoms with Crippen molar-refractivity contribution in [1.29, 1.82) is 0 Å². The van der Waals surface area contributed by atoms with E-state index in [0.29, 0.717) is 30.8 Å². The van der Waals surface area contributed by atoms with Gasteiger partial charge in [-0.3, -0.25) is 4.79 Å². The second-order valence-electron chi connectivity index (χ2n) is 7.54. The lowest BCUT2D eigenvalue weighted by Gasteiger charge is -2.46. The number of anilines is 1. The second kappa shape index (κ2) is 8.06. The van der Waals surface area contributed by atoms with Gasteiger partial charge in [0.05, 0.1) is 11.4 Å². The van der Waals surface area contributed by atoms with E-state index in [0.717, 1.165) is 5.56 Å². The molecule has 152 valence electrons. The third-order valence-electron chi connectivity index (χ3n) is 5.65. The molecule has 2 atom stereocenters. The summed E-state index contributed by atoms with van der Waals surface area (Å²) in [7, 11) is 0. The minimum atomic E-state index is -0.714. The largest absolute Gasteiger partial charge is 0.445 e. The molecule has 29 heavy (non-hydrogen) atoms. The number of halogens is 1. The van der Waals surface area contributed by atoms with Crippen molar-refractivity contribution >= 4 is 29.5 Å². The first kappa shape index (κ1) is 19.8. The minimum absolute atomic E-state index is 0.135. The molecular weight excluding hydrogens is 391 g/mol. The van der Waals surface area contributed by atoms with Crippen molar-refractivity contribution in [2.24, 2.45) is 0 Å². The monoisotopic (exact) mass is 414 g/mol. The van der Waals surface area contributed by atoms with Crippen LogP contribution >= 0.6 is 11.9 Å². The summed E-state index contributed by atoms with van der Waals surface area (Å²) in [6.07, 6.45) is 0.627. The van der Waals surface area contributed by atoms with Crippen LogP contribution in [0.15, 0.2) is 54.6 Å². The van der Waals surface area contributed by atoms with Gasteiger partial charge in [0.1, 0.15) is 18.0 Å². The molecule has 2 fully saturated rings. The Morgan fingerprint density at radius 1 is 1.24 bits per heavy atom. The normalized spacial score (nSPS) is 24.2. The van der Waals surface area contributed by atoms with Crippen molar-refractivity contribution in [3.8, 4) is 0 Å². The average Bonchev–Trinajstić information content (AvgIpc) is 3.02. The Morgan fingerprint density at radius 3 is 2.76 bits per heavy atom. The summed E-state index contributed by atoms with van der Waals surface area (Å²) >= 11 is 1.42. The Morgan fingerprint density at radius 2 is 2.03 bits per heavy atom. The standard InChI is InChI=1S/C22H23FN2O3S/c1-16-13-22(20(26)15-29-25(22)19-9-5-8-18(23)12-19)10-11-24(16)21(27)28-14-17-6-3-2-4-7-17/h2-9,12,16H,10-11,13-15H2,1H3/t16-,22+/m0/s1. The number of carbonyl (C=O) groups is 2. The quantitative estimate of drug-likeness (QED) is 0.696. The lowest BCUT2D eigenvalue weighted by Crippen LogP contribution is -2.59. The number of rotatable bonds is 3. The molecule has 2 heterocycles. The highest BCUT2D eigenvalue weighted by Gasteiger charge is 2.53. The molecule has 2 aromatic rings. The predicted octanol–water partition coefficient (Wildman–Crippen LogP) is 4.42. The van der Waals surface area contributed by atoms with E-state index >= 15 is 0 Å². The van der Waals surface area contributed by atoms with Crippen LogP contribution in [0, 0.1) is 5.82 Å². The van der Waals surface area contributed by atoms with Gasteiger partial charge in [-0.25, -0.2) is 9.18 Å². The summed E-state index contributed by atoms with van der Waals surface area (Å²) in [6, 6.07) is 15.7. The van der Waals surface area contributed by atoms with Crippen molar-refractivity contribution in [3.63, 3.8) is 0 Å². The molecular formula is C22H23FN2O3S. The number of ether oxygens (including phenoxy) is 1. The summed E-state index contributed by atoms with van der Waals surface area (Å²) in [5.74, 6) is 0.172. The van der Waals surface area contributed by atoms with E-state index in [1.54, 1.807) is 11.0 Å². The molecule has 0 N–H and O–H groups in total. The lowest BCUT2D eigenvalue weighted by atomic mass is 9.80. The molecule has 2 aliphatic rings. The highest BCUT2D eigenvalue weighted by molar-refractivity contribution is 8.02. The van der Waals surface area contributed by atoms with E-state index in [4.69, 9.17) is 4.74 Å². The van der Waals surface area contributed by atoms with E-state index in [1.807, 2.05) is 47.6 Å². The Balaban J connectivity index is 1.46. The number of Topliss-reactive ketones (excluding diaryl/α,β-unsaturated/α-hetero) is 1. The molecule has 0 radical (unpaired) electrons. The van der Waals surface area contributed by atoms with Gasteiger partial charge in [-0.05, 0) is 55.5 Å². The molecule has 0 saturated carbocycles. The Hall–Kier alpha value is -2.54. The number of ketones is 1. The molecule has 1 amide bonds. The third kappa shape index (κ3) is 3.83. The number of nitrogens with zero attached hydrogens (tertiary/aromatic N) is 2. The predicted molar refractivity (Wildman–Crippen MR) is 111 cm³/mol. The van der Waals surface area contributed by atoms with Gasteiger partial charge in [0.2, 0.25) is 0 Å². The molecule has 0 aromatic heterocycles. The van der Waals surface area contributed by atoms with Crippen LogP contribution in [0.1, 0.15) is 25.3 Å². The topological polar surface area (TPSA) is 49.9 Å². The smallest absolute Gasteiger partial charge is 0.410 e. The first-order valence-electron chi connectivity index (χ1n) is 9.69. The van der Waals surface area contributed by atoms with Crippen LogP contribution in [0.5, 0.6) is 0 Å². The van der Waals surface area contributed by atoms with Gasteiger partial charge in [-0.1, -0.05) is 36.4 Å². The van der Waals surface area contributed by atoms with E-state index < -0.39 is 5.54 Å². The molecule has 2 aromatic carbocycles. The highest BCUT2D eigenvalue weighted by atomic mass is 32.2. The summed E-state index contributed by atoms with van der Waals surface area (Å²) in [6.45, 7) is 2.58. The van der Waals surface area contributed by atoms with Crippen molar-refractivity contribution in [1.82, 2.24) is 4.90 Å². The molecule has 5 nitrogen and oxygen atoms in total. The number of hydrogen-bond donors (Lipinski definition) is 0. The van der Waals surface area contributed by atoms with Crippen molar-refractivity contribution in [2.75, 3.05) is 16.6 Å². The number of hydrogen-bond acceptors (Lipinski definition) is 5. The maximum Gasteiger partial charge on any atom is 0.410 e. The number of piperidine rings is 1. The van der Waals surface area contributed by atoms with Gasteiger partial charge in [0.25, 0.3) is 0 Å². The SMILES string of the molecule is C[C@H]1C[C@]2(CCN1C(=O)OCc1ccccc1)C(=O)CSN2c1cccc(F)c1. The van der Waals surface area contributed by atoms with Crippen LogP contribution in [-0.4, -0.2) is 40.7 Å². The van der Waals surface area contributed by atoms with Crippen LogP contribution in [0.4, 0.5) is 14.9 Å². The van der Waals surface area contributed by atoms with Gasteiger partial charge in [0.15, 0.2) is 5.78 Å². The Kier molecular flexibility index (Phi) is 5.50. The maximum atomic E-state index is 13.8. The fraction of sp³-hybridized carbons (Fsp3) is 0.364. The Bertz CT molecular complexity index is 910. The second-order valence-corrected chi connectivity index (χ2v) is 8.45. The van der Waals surface area contributed by atoms with Crippen LogP contribution in [-0.2, 0) is 16.1 Å². The van der Waals surface area contributed by atoms with E-state index in [2.05, 4.69) is 0 Å². The number of amides is 1. The fourth-order valence-corrected chi connectivity index (χ4v) is 5.45. The molecule has 0 aliphatic carbocycles. The van der Waals surface area contributed by atoms with Crippen molar-refractivity contribution in [3.05, 3.63) is 66.0 Å². The van der Waals surface area contributed by atoms with E-state index in [1.165, 1.54) is 24.1 Å². The van der Waals surface area contributed by atoms with Gasteiger partial charge in [-0.15, -0.1) is 0 Å². The van der Waals surface area contributed by atoms with Gasteiger partial charge in [-0.2, -0.15) is 0 Å². The van der Waals surface area contributed by atoms with Crippen LogP contribution in [0.3, 0.4) is 0 Å². The summed E-state index contributed by atoms with van der Waals surface area (Å²) in [4.78, 5) is 27.2. The zero-order chi connectivity index (χ0) is 20.4. The summed E-state index contributed by atoms with van der Waals surface area (Å²) in [5, 5.41) is 0. The van der Waals surface area contributed by atoms with Crippen molar-refractivity contribution < 1.29 is 18.7 Å². The third-order valence-corrected chi connectivity index (χ3v) is 6.86. The van der Waals surface area contributed by atoms with Crippen LogP contribution in [0.2, 0.25) is 0 Å². The van der Waals surface area contributed by atoms with E-state index in [-0.39, 0.29) is 30.3 Å². The number of carbonyl (C=O) groups excluding carboxylic acids is 2. The minimum Gasteiger partial charge on any atom is -0.445 e.